The van der Waals surface area contributed by atoms with Crippen LogP contribution in [0.25, 0.3) is 10.4 Å². The third-order valence-electron chi connectivity index (χ3n) is 1.87. The molecule has 0 aliphatic carbocycles. The first-order valence-corrected chi connectivity index (χ1v) is 5.38. The molecule has 0 heterocycles. The quantitative estimate of drug-likeness (QED) is 0.165. The van der Waals surface area contributed by atoms with Crippen molar-refractivity contribution in [1.29, 1.82) is 0 Å². The number of halogens is 1. The SMILES string of the molecule is CCOC(=O)CCCCC(N=[N+]=[N-])C(=O)Cl. The molecule has 0 aromatic heterocycles. The molecule has 0 radical (unpaired) electrons. The molecule has 0 N–H and O–H groups in total. The molecule has 0 aromatic carbocycles. The van der Waals surface area contributed by atoms with Crippen molar-refractivity contribution in [2.24, 2.45) is 5.11 Å². The number of ether oxygens (including phenoxy) is 1. The monoisotopic (exact) mass is 247 g/mol. The summed E-state index contributed by atoms with van der Waals surface area (Å²) in [5.74, 6) is -0.264. The number of azide groups is 1. The van der Waals surface area contributed by atoms with Crippen LogP contribution < -0.4 is 0 Å². The van der Waals surface area contributed by atoms with Crippen LogP contribution >= 0.6 is 11.6 Å². The molecule has 1 unspecified atom stereocenters. The number of hydrogen-bond acceptors (Lipinski definition) is 4. The molecule has 0 amide bonds. The van der Waals surface area contributed by atoms with Gasteiger partial charge in [0.15, 0.2) is 0 Å². The number of rotatable bonds is 8. The fourth-order valence-corrected chi connectivity index (χ4v) is 1.27. The maximum Gasteiger partial charge on any atom is 0.305 e. The highest BCUT2D eigenvalue weighted by Gasteiger charge is 2.13. The van der Waals surface area contributed by atoms with Crippen molar-refractivity contribution in [3.63, 3.8) is 0 Å². The lowest BCUT2D eigenvalue weighted by Gasteiger charge is -2.05. The molecule has 0 saturated heterocycles. The predicted molar refractivity (Wildman–Crippen MR) is 58.9 cm³/mol. The Morgan fingerprint density at radius 1 is 1.50 bits per heavy atom. The second kappa shape index (κ2) is 9.00. The fraction of sp³-hybridized carbons (Fsp3) is 0.778. The van der Waals surface area contributed by atoms with Crippen LogP contribution in [-0.2, 0) is 14.3 Å². The van der Waals surface area contributed by atoms with Crippen LogP contribution in [-0.4, -0.2) is 23.9 Å². The van der Waals surface area contributed by atoms with Crippen molar-refractivity contribution in [1.82, 2.24) is 0 Å². The van der Waals surface area contributed by atoms with E-state index in [0.717, 1.165) is 0 Å². The Bertz CT molecular complexity index is 288. The molecule has 16 heavy (non-hydrogen) atoms. The Morgan fingerprint density at radius 3 is 2.69 bits per heavy atom. The fourth-order valence-electron chi connectivity index (χ4n) is 1.12. The molecule has 0 rings (SSSR count). The molecular weight excluding hydrogens is 234 g/mol. The summed E-state index contributed by atoms with van der Waals surface area (Å²) in [5, 5.41) is 2.59. The number of unbranched alkanes of at least 4 members (excludes halogenated alkanes) is 1. The first-order valence-electron chi connectivity index (χ1n) is 5.01. The van der Waals surface area contributed by atoms with Crippen molar-refractivity contribution >= 4 is 22.8 Å². The third-order valence-corrected chi connectivity index (χ3v) is 2.12. The van der Waals surface area contributed by atoms with Gasteiger partial charge in [0, 0.05) is 11.3 Å². The molecule has 0 spiro atoms. The van der Waals surface area contributed by atoms with Gasteiger partial charge < -0.3 is 4.74 Å². The van der Waals surface area contributed by atoms with E-state index in [2.05, 4.69) is 10.0 Å². The second-order valence-electron chi connectivity index (χ2n) is 3.08. The molecular formula is C9H14ClN3O3. The van der Waals surface area contributed by atoms with Crippen molar-refractivity contribution in [2.75, 3.05) is 6.61 Å². The normalized spacial score (nSPS) is 11.4. The average Bonchev–Trinajstić information content (AvgIpc) is 2.22. The van der Waals surface area contributed by atoms with Crippen LogP contribution in [0.3, 0.4) is 0 Å². The summed E-state index contributed by atoms with van der Waals surface area (Å²) < 4.78 is 4.73. The summed E-state index contributed by atoms with van der Waals surface area (Å²) in [5.41, 5.74) is 8.17. The largest absolute Gasteiger partial charge is 0.466 e. The van der Waals surface area contributed by atoms with Crippen molar-refractivity contribution < 1.29 is 14.3 Å². The zero-order chi connectivity index (χ0) is 12.4. The maximum absolute atomic E-state index is 11.0. The molecule has 0 aromatic rings. The summed E-state index contributed by atoms with van der Waals surface area (Å²) in [6.45, 7) is 2.10. The Labute approximate surface area is 98.5 Å². The van der Waals surface area contributed by atoms with Gasteiger partial charge >= 0.3 is 5.97 Å². The standard InChI is InChI=1S/C9H14ClN3O3/c1-2-16-8(14)6-4-3-5-7(9(10)15)12-13-11/h7H,2-6H2,1H3. The number of carbonyl (C=O) groups excluding carboxylic acids is 2. The Hall–Kier alpha value is -1.26. The van der Waals surface area contributed by atoms with E-state index in [1.165, 1.54) is 0 Å². The number of nitrogens with zero attached hydrogens (tertiary/aromatic N) is 3. The third kappa shape index (κ3) is 7.09. The molecule has 0 fully saturated rings. The van der Waals surface area contributed by atoms with E-state index >= 15 is 0 Å². The summed E-state index contributed by atoms with van der Waals surface area (Å²) in [7, 11) is 0. The highest BCUT2D eigenvalue weighted by atomic mass is 35.5. The molecule has 0 aliphatic rings. The van der Waals surface area contributed by atoms with Crippen molar-refractivity contribution in [3.05, 3.63) is 10.4 Å². The van der Waals surface area contributed by atoms with Crippen molar-refractivity contribution in [2.45, 2.75) is 38.6 Å². The first-order chi connectivity index (χ1) is 7.61. The van der Waals surface area contributed by atoms with E-state index < -0.39 is 11.3 Å². The molecule has 0 bridgehead atoms. The van der Waals surface area contributed by atoms with Gasteiger partial charge in [0.2, 0.25) is 5.24 Å². The van der Waals surface area contributed by atoms with Crippen LogP contribution in [0.1, 0.15) is 32.6 Å². The minimum absolute atomic E-state index is 0.264. The minimum Gasteiger partial charge on any atom is -0.466 e. The van der Waals surface area contributed by atoms with Gasteiger partial charge in [-0.1, -0.05) is 11.5 Å². The highest BCUT2D eigenvalue weighted by molar-refractivity contribution is 6.64. The average molecular weight is 248 g/mol. The zero-order valence-electron chi connectivity index (χ0n) is 9.06. The van der Waals surface area contributed by atoms with Gasteiger partial charge in [-0.05, 0) is 36.9 Å². The lowest BCUT2D eigenvalue weighted by atomic mass is 10.1. The van der Waals surface area contributed by atoms with Crippen LogP contribution in [0.4, 0.5) is 0 Å². The number of carbonyl (C=O) groups is 2. The number of hydrogen-bond donors (Lipinski definition) is 0. The summed E-state index contributed by atoms with van der Waals surface area (Å²) in [6.07, 6.45) is 1.82. The van der Waals surface area contributed by atoms with Crippen LogP contribution in [0.5, 0.6) is 0 Å². The Kier molecular flexibility index (Phi) is 8.29. The zero-order valence-corrected chi connectivity index (χ0v) is 9.81. The molecule has 7 heteroatoms. The Morgan fingerprint density at radius 2 is 2.19 bits per heavy atom. The van der Waals surface area contributed by atoms with Gasteiger partial charge in [-0.25, -0.2) is 0 Å². The van der Waals surface area contributed by atoms with E-state index in [1.807, 2.05) is 0 Å². The molecule has 6 nitrogen and oxygen atoms in total. The van der Waals surface area contributed by atoms with Gasteiger partial charge in [0.25, 0.3) is 0 Å². The van der Waals surface area contributed by atoms with Crippen LogP contribution in [0.2, 0.25) is 0 Å². The summed E-state index contributed by atoms with van der Waals surface area (Å²) in [4.78, 5) is 24.3. The van der Waals surface area contributed by atoms with Crippen LogP contribution in [0.15, 0.2) is 5.11 Å². The van der Waals surface area contributed by atoms with Crippen LogP contribution in [0, 0.1) is 0 Å². The molecule has 0 saturated carbocycles. The summed E-state index contributed by atoms with van der Waals surface area (Å²) >= 11 is 5.22. The van der Waals surface area contributed by atoms with Crippen molar-refractivity contribution in [3.8, 4) is 0 Å². The first kappa shape index (κ1) is 14.7. The lowest BCUT2D eigenvalue weighted by molar-refractivity contribution is -0.143. The Balaban J connectivity index is 3.74. The number of esters is 1. The molecule has 0 aliphatic heterocycles. The second-order valence-corrected chi connectivity index (χ2v) is 3.45. The minimum atomic E-state index is -0.839. The highest BCUT2D eigenvalue weighted by Crippen LogP contribution is 2.10. The van der Waals surface area contributed by atoms with E-state index in [9.17, 15) is 9.59 Å². The van der Waals surface area contributed by atoms with E-state index in [-0.39, 0.29) is 5.97 Å². The van der Waals surface area contributed by atoms with E-state index in [1.54, 1.807) is 6.92 Å². The van der Waals surface area contributed by atoms with Gasteiger partial charge in [0.05, 0.1) is 6.61 Å². The van der Waals surface area contributed by atoms with Gasteiger partial charge in [-0.3, -0.25) is 9.59 Å². The van der Waals surface area contributed by atoms with E-state index in [4.69, 9.17) is 21.9 Å². The topological polar surface area (TPSA) is 92.1 Å². The predicted octanol–water partition coefficient (Wildman–Crippen LogP) is 2.55. The van der Waals surface area contributed by atoms with Gasteiger partial charge in [0.1, 0.15) is 6.04 Å². The molecule has 90 valence electrons. The van der Waals surface area contributed by atoms with Gasteiger partial charge in [-0.2, -0.15) is 0 Å². The molecule has 1 atom stereocenters. The lowest BCUT2D eigenvalue weighted by Crippen LogP contribution is -2.12. The van der Waals surface area contributed by atoms with Gasteiger partial charge in [-0.15, -0.1) is 0 Å². The maximum atomic E-state index is 11.0. The smallest absolute Gasteiger partial charge is 0.305 e. The summed E-state index contributed by atoms with van der Waals surface area (Å²) in [6, 6.07) is -0.839. The van der Waals surface area contributed by atoms with E-state index in [0.29, 0.717) is 32.3 Å².